The summed E-state index contributed by atoms with van der Waals surface area (Å²) in [6, 6.07) is 4.52. The van der Waals surface area contributed by atoms with Gasteiger partial charge in [-0.1, -0.05) is 11.6 Å². The first kappa shape index (κ1) is 17.8. The number of carbonyl (C=O) groups excluding carboxylic acids is 1. The van der Waals surface area contributed by atoms with Gasteiger partial charge in [0.2, 0.25) is 5.88 Å². The summed E-state index contributed by atoms with van der Waals surface area (Å²) in [5.41, 5.74) is 6.32. The lowest BCUT2D eigenvalue weighted by Gasteiger charge is -2.27. The Hall–Kier alpha value is -2.52. The molecular weight excluding hydrogens is 335 g/mol. The van der Waals surface area contributed by atoms with Gasteiger partial charge in [-0.15, -0.1) is 0 Å². The molecule has 1 atom stereocenters. The van der Waals surface area contributed by atoms with E-state index < -0.39 is 17.7 Å². The van der Waals surface area contributed by atoms with Crippen LogP contribution in [0, 0.1) is 24.1 Å². The summed E-state index contributed by atoms with van der Waals surface area (Å²) >= 11 is 6.10. The molecule has 0 bridgehead atoms. The van der Waals surface area contributed by atoms with Crippen LogP contribution < -0.4 is 5.73 Å². The van der Waals surface area contributed by atoms with Crippen LogP contribution in [0.1, 0.15) is 30.9 Å². The molecule has 0 saturated carbocycles. The van der Waals surface area contributed by atoms with E-state index in [1.54, 1.807) is 13.8 Å². The van der Waals surface area contributed by atoms with Crippen molar-refractivity contribution in [3.63, 3.8) is 0 Å². The molecule has 1 heterocycles. The molecule has 0 saturated heterocycles. The Labute approximate surface area is 144 Å². The molecule has 1 unspecified atom stereocenters. The number of nitrogens with zero attached hydrogens (tertiary/aromatic N) is 1. The average molecular weight is 351 g/mol. The zero-order valence-electron chi connectivity index (χ0n) is 13.4. The standard InChI is InChI=1S/C17H16ClFN2O3/c1-4-23-17(22)14-9(3)24-16(21)11(7-20)15(14)10-6-12(18)8(2)5-13(10)19/h5-6,15H,4,21H2,1-3H3. The Morgan fingerprint density at radius 1 is 1.50 bits per heavy atom. The first-order valence-electron chi connectivity index (χ1n) is 7.22. The zero-order valence-corrected chi connectivity index (χ0v) is 14.2. The largest absolute Gasteiger partial charge is 0.463 e. The predicted molar refractivity (Wildman–Crippen MR) is 86.1 cm³/mol. The highest BCUT2D eigenvalue weighted by molar-refractivity contribution is 6.31. The number of ether oxygens (including phenoxy) is 2. The predicted octanol–water partition coefficient (Wildman–Crippen LogP) is 3.43. The van der Waals surface area contributed by atoms with Gasteiger partial charge >= 0.3 is 5.97 Å². The van der Waals surface area contributed by atoms with Crippen molar-refractivity contribution < 1.29 is 18.7 Å². The molecule has 7 heteroatoms. The van der Waals surface area contributed by atoms with Crippen molar-refractivity contribution >= 4 is 17.6 Å². The van der Waals surface area contributed by atoms with Crippen molar-refractivity contribution in [2.75, 3.05) is 6.61 Å². The molecule has 0 amide bonds. The molecule has 0 aromatic heterocycles. The van der Waals surface area contributed by atoms with E-state index in [0.717, 1.165) is 0 Å². The fourth-order valence-electron chi connectivity index (χ4n) is 2.55. The summed E-state index contributed by atoms with van der Waals surface area (Å²) in [7, 11) is 0. The Bertz CT molecular complexity index is 809. The fraction of sp³-hybridized carbons (Fsp3) is 0.294. The summed E-state index contributed by atoms with van der Waals surface area (Å²) in [6.07, 6.45) is 0. The highest BCUT2D eigenvalue weighted by Crippen LogP contribution is 2.41. The molecule has 24 heavy (non-hydrogen) atoms. The maximum Gasteiger partial charge on any atom is 0.338 e. The molecule has 1 aromatic carbocycles. The maximum atomic E-state index is 14.6. The van der Waals surface area contributed by atoms with Crippen LogP contribution in [0.3, 0.4) is 0 Å². The molecule has 0 radical (unpaired) electrons. The lowest BCUT2D eigenvalue weighted by atomic mass is 9.82. The Morgan fingerprint density at radius 2 is 2.17 bits per heavy atom. The molecule has 0 spiro atoms. The smallest absolute Gasteiger partial charge is 0.338 e. The number of hydrogen-bond donors (Lipinski definition) is 1. The molecule has 0 fully saturated rings. The van der Waals surface area contributed by atoms with E-state index in [-0.39, 0.29) is 35.0 Å². The van der Waals surface area contributed by atoms with Gasteiger partial charge in [-0.05, 0) is 38.5 Å². The Balaban J connectivity index is 2.72. The fourth-order valence-corrected chi connectivity index (χ4v) is 2.72. The lowest BCUT2D eigenvalue weighted by molar-refractivity contribution is -0.139. The van der Waals surface area contributed by atoms with E-state index in [9.17, 15) is 14.4 Å². The molecular formula is C17H16ClFN2O3. The average Bonchev–Trinajstić information content (AvgIpc) is 2.50. The van der Waals surface area contributed by atoms with Gasteiger partial charge < -0.3 is 15.2 Å². The highest BCUT2D eigenvalue weighted by Gasteiger charge is 2.37. The zero-order chi connectivity index (χ0) is 18.0. The summed E-state index contributed by atoms with van der Waals surface area (Å²) in [6.45, 7) is 4.93. The third-order valence-corrected chi connectivity index (χ3v) is 4.10. The summed E-state index contributed by atoms with van der Waals surface area (Å²) in [5.74, 6) is -2.36. The number of benzene rings is 1. The topological polar surface area (TPSA) is 85.3 Å². The number of allylic oxidation sites excluding steroid dienone is 2. The summed E-state index contributed by atoms with van der Waals surface area (Å²) < 4.78 is 24.8. The molecule has 0 aliphatic carbocycles. The van der Waals surface area contributed by atoms with Crippen LogP contribution in [0.15, 0.2) is 34.9 Å². The summed E-state index contributed by atoms with van der Waals surface area (Å²) in [5, 5.41) is 9.74. The van der Waals surface area contributed by atoms with Crippen LogP contribution in [-0.2, 0) is 14.3 Å². The number of halogens is 2. The molecule has 1 aliphatic rings. The van der Waals surface area contributed by atoms with Gasteiger partial charge in [0, 0.05) is 10.6 Å². The van der Waals surface area contributed by atoms with Crippen molar-refractivity contribution in [2.24, 2.45) is 5.73 Å². The van der Waals surface area contributed by atoms with Gasteiger partial charge in [0.05, 0.1) is 18.1 Å². The van der Waals surface area contributed by atoms with Crippen LogP contribution >= 0.6 is 11.6 Å². The van der Waals surface area contributed by atoms with Crippen LogP contribution in [0.4, 0.5) is 4.39 Å². The van der Waals surface area contributed by atoms with E-state index in [0.29, 0.717) is 10.6 Å². The quantitative estimate of drug-likeness (QED) is 0.844. The van der Waals surface area contributed by atoms with Gasteiger partial charge in [-0.25, -0.2) is 9.18 Å². The Morgan fingerprint density at radius 3 is 2.75 bits per heavy atom. The third-order valence-electron chi connectivity index (χ3n) is 3.69. The number of esters is 1. The van der Waals surface area contributed by atoms with E-state index in [4.69, 9.17) is 26.8 Å². The molecule has 2 rings (SSSR count). The van der Waals surface area contributed by atoms with E-state index >= 15 is 0 Å². The molecule has 1 aromatic rings. The van der Waals surface area contributed by atoms with Gasteiger partial charge in [0.1, 0.15) is 23.2 Å². The van der Waals surface area contributed by atoms with E-state index in [2.05, 4.69) is 0 Å². The van der Waals surface area contributed by atoms with Gasteiger partial charge in [0.25, 0.3) is 0 Å². The number of hydrogen-bond acceptors (Lipinski definition) is 5. The first-order valence-corrected chi connectivity index (χ1v) is 7.60. The minimum absolute atomic E-state index is 0.0291. The summed E-state index contributed by atoms with van der Waals surface area (Å²) in [4.78, 5) is 12.3. The van der Waals surface area contributed by atoms with Crippen molar-refractivity contribution in [3.05, 3.63) is 56.9 Å². The Kier molecular flexibility index (Phi) is 5.15. The minimum Gasteiger partial charge on any atom is -0.463 e. The van der Waals surface area contributed by atoms with Crippen molar-refractivity contribution in [1.29, 1.82) is 5.26 Å². The maximum absolute atomic E-state index is 14.6. The first-order chi connectivity index (χ1) is 11.3. The number of nitriles is 1. The second kappa shape index (κ2) is 6.93. The minimum atomic E-state index is -1.04. The molecule has 1 aliphatic heterocycles. The van der Waals surface area contributed by atoms with Gasteiger partial charge in [-0.3, -0.25) is 0 Å². The lowest BCUT2D eigenvalue weighted by Crippen LogP contribution is -2.26. The molecule has 5 nitrogen and oxygen atoms in total. The SMILES string of the molecule is CCOC(=O)C1=C(C)OC(N)=C(C#N)C1c1cc(Cl)c(C)cc1F. The third kappa shape index (κ3) is 3.08. The molecule has 126 valence electrons. The van der Waals surface area contributed by atoms with Crippen LogP contribution in [0.2, 0.25) is 5.02 Å². The van der Waals surface area contributed by atoms with Crippen LogP contribution in [0.5, 0.6) is 0 Å². The number of carbonyl (C=O) groups is 1. The highest BCUT2D eigenvalue weighted by atomic mass is 35.5. The van der Waals surface area contributed by atoms with Crippen LogP contribution in [-0.4, -0.2) is 12.6 Å². The number of rotatable bonds is 3. The van der Waals surface area contributed by atoms with Crippen molar-refractivity contribution in [1.82, 2.24) is 0 Å². The second-order valence-electron chi connectivity index (χ2n) is 5.24. The second-order valence-corrected chi connectivity index (χ2v) is 5.65. The normalized spacial score (nSPS) is 17.4. The number of nitrogens with two attached hydrogens (primary N) is 1. The van der Waals surface area contributed by atoms with Crippen molar-refractivity contribution in [2.45, 2.75) is 26.7 Å². The van der Waals surface area contributed by atoms with Crippen LogP contribution in [0.25, 0.3) is 0 Å². The van der Waals surface area contributed by atoms with Crippen molar-refractivity contribution in [3.8, 4) is 6.07 Å². The van der Waals surface area contributed by atoms with E-state index in [1.165, 1.54) is 19.1 Å². The molecule has 2 N–H and O–H groups in total. The van der Waals surface area contributed by atoms with Gasteiger partial charge in [-0.2, -0.15) is 5.26 Å². The monoisotopic (exact) mass is 350 g/mol. The number of aryl methyl sites for hydroxylation is 1. The van der Waals surface area contributed by atoms with E-state index in [1.807, 2.05) is 6.07 Å². The van der Waals surface area contributed by atoms with Gasteiger partial charge in [0.15, 0.2) is 0 Å².